The van der Waals surface area contributed by atoms with E-state index in [-0.39, 0.29) is 6.54 Å². The minimum absolute atomic E-state index is 0.0328. The molecule has 0 saturated carbocycles. The predicted octanol–water partition coefficient (Wildman–Crippen LogP) is 0.511. The van der Waals surface area contributed by atoms with Gasteiger partial charge in [0.05, 0.1) is 39.6 Å². The minimum atomic E-state index is -0.860. The van der Waals surface area contributed by atoms with Gasteiger partial charge in [-0.3, -0.25) is 4.79 Å². The zero-order valence-corrected chi connectivity index (χ0v) is 11.2. The molecule has 0 radical (unpaired) electrons. The normalized spacial score (nSPS) is 10.7. The number of carboxylic acids is 1. The van der Waals surface area contributed by atoms with Crippen LogP contribution in [0.4, 0.5) is 0 Å². The number of carbonyl (C=O) groups is 1. The highest BCUT2D eigenvalue weighted by molar-refractivity contribution is 5.68. The molecule has 0 amide bonds. The first-order chi connectivity index (χ1) is 8.77. The van der Waals surface area contributed by atoms with Gasteiger partial charge in [0, 0.05) is 13.2 Å². The molecule has 0 unspecified atom stereocenters. The van der Waals surface area contributed by atoms with E-state index in [0.717, 1.165) is 19.4 Å². The Balaban J connectivity index is 2.92. The fraction of sp³-hybridized carbons (Fsp3) is 0.917. The number of hydrogen-bond acceptors (Lipinski definition) is 5. The van der Waals surface area contributed by atoms with Crippen LogP contribution in [0.5, 0.6) is 0 Å². The van der Waals surface area contributed by atoms with Crippen LogP contribution in [0.15, 0.2) is 0 Å². The first-order valence-electron chi connectivity index (χ1n) is 6.43. The van der Waals surface area contributed by atoms with Gasteiger partial charge in [0.15, 0.2) is 0 Å². The third-order valence-electron chi connectivity index (χ3n) is 2.09. The number of ether oxygens (including phenoxy) is 3. The summed E-state index contributed by atoms with van der Waals surface area (Å²) < 4.78 is 15.9. The second-order valence-electron chi connectivity index (χ2n) is 3.76. The molecule has 0 aromatic rings. The average molecular weight is 263 g/mol. The van der Waals surface area contributed by atoms with Gasteiger partial charge in [-0.2, -0.15) is 0 Å². The molecule has 108 valence electrons. The SMILES string of the molecule is CCCCOCCOCCOCCNCC(=O)O. The molecule has 0 saturated heterocycles. The summed E-state index contributed by atoms with van der Waals surface area (Å²) in [6.45, 7) is 6.18. The summed E-state index contributed by atoms with van der Waals surface area (Å²) in [6, 6.07) is 0. The Labute approximate surface area is 109 Å². The average Bonchev–Trinajstić information content (AvgIpc) is 2.34. The van der Waals surface area contributed by atoms with Gasteiger partial charge in [-0.05, 0) is 6.42 Å². The molecule has 18 heavy (non-hydrogen) atoms. The Morgan fingerprint density at radius 1 is 1.00 bits per heavy atom. The van der Waals surface area contributed by atoms with Crippen molar-refractivity contribution in [3.8, 4) is 0 Å². The molecule has 0 aliphatic carbocycles. The fourth-order valence-corrected chi connectivity index (χ4v) is 1.13. The Bertz CT molecular complexity index is 189. The van der Waals surface area contributed by atoms with Gasteiger partial charge in [0.1, 0.15) is 0 Å². The van der Waals surface area contributed by atoms with E-state index < -0.39 is 5.97 Å². The molecule has 0 rings (SSSR count). The molecule has 0 atom stereocenters. The highest BCUT2D eigenvalue weighted by atomic mass is 16.5. The van der Waals surface area contributed by atoms with Crippen LogP contribution in [0.25, 0.3) is 0 Å². The highest BCUT2D eigenvalue weighted by Gasteiger charge is 1.95. The smallest absolute Gasteiger partial charge is 0.317 e. The maximum atomic E-state index is 10.2. The van der Waals surface area contributed by atoms with E-state index in [1.165, 1.54) is 0 Å². The van der Waals surface area contributed by atoms with Crippen molar-refractivity contribution in [3.05, 3.63) is 0 Å². The Morgan fingerprint density at radius 2 is 1.56 bits per heavy atom. The van der Waals surface area contributed by atoms with E-state index >= 15 is 0 Å². The summed E-state index contributed by atoms with van der Waals surface area (Å²) in [5, 5.41) is 11.1. The van der Waals surface area contributed by atoms with Crippen molar-refractivity contribution in [3.63, 3.8) is 0 Å². The molecule has 0 aromatic heterocycles. The van der Waals surface area contributed by atoms with Crippen LogP contribution in [0.3, 0.4) is 0 Å². The fourth-order valence-electron chi connectivity index (χ4n) is 1.13. The molecule has 0 aliphatic heterocycles. The molecule has 0 aliphatic rings. The van der Waals surface area contributed by atoms with Gasteiger partial charge in [-0.15, -0.1) is 0 Å². The van der Waals surface area contributed by atoms with Gasteiger partial charge in [-0.1, -0.05) is 13.3 Å². The van der Waals surface area contributed by atoms with E-state index in [2.05, 4.69) is 12.2 Å². The van der Waals surface area contributed by atoms with Gasteiger partial charge in [-0.25, -0.2) is 0 Å². The Hall–Kier alpha value is -0.690. The standard InChI is InChI=1S/C12H25NO5/c1-2-3-5-16-7-9-18-10-8-17-6-4-13-11-12(14)15/h13H,2-11H2,1H3,(H,14,15). The van der Waals surface area contributed by atoms with Crippen LogP contribution in [0, 0.1) is 0 Å². The molecular formula is C12H25NO5. The molecule has 2 N–H and O–H groups in total. The quantitative estimate of drug-likeness (QED) is 0.445. The summed E-state index contributed by atoms with van der Waals surface area (Å²) in [4.78, 5) is 10.2. The molecule has 6 heteroatoms. The first-order valence-corrected chi connectivity index (χ1v) is 6.43. The second-order valence-corrected chi connectivity index (χ2v) is 3.76. The van der Waals surface area contributed by atoms with E-state index in [1.807, 2.05) is 0 Å². The van der Waals surface area contributed by atoms with Crippen molar-refractivity contribution in [1.29, 1.82) is 0 Å². The third-order valence-corrected chi connectivity index (χ3v) is 2.09. The Kier molecular flexibility index (Phi) is 13.8. The number of unbranched alkanes of at least 4 members (excludes halogenated alkanes) is 1. The van der Waals surface area contributed by atoms with Crippen LogP contribution in [-0.4, -0.2) is 63.8 Å². The topological polar surface area (TPSA) is 77.0 Å². The lowest BCUT2D eigenvalue weighted by Gasteiger charge is -2.06. The maximum Gasteiger partial charge on any atom is 0.317 e. The monoisotopic (exact) mass is 263 g/mol. The lowest BCUT2D eigenvalue weighted by molar-refractivity contribution is -0.136. The summed E-state index contributed by atoms with van der Waals surface area (Å²) in [5.74, 6) is -0.860. The molecule has 0 aromatic carbocycles. The van der Waals surface area contributed by atoms with Crippen LogP contribution in [-0.2, 0) is 19.0 Å². The van der Waals surface area contributed by atoms with Crippen LogP contribution in [0.1, 0.15) is 19.8 Å². The minimum Gasteiger partial charge on any atom is -0.480 e. The largest absolute Gasteiger partial charge is 0.480 e. The number of aliphatic carboxylic acids is 1. The lowest BCUT2D eigenvalue weighted by atomic mass is 10.4. The number of carboxylic acid groups (broad SMARTS) is 1. The van der Waals surface area contributed by atoms with Crippen molar-refractivity contribution >= 4 is 5.97 Å². The zero-order chi connectivity index (χ0) is 13.5. The van der Waals surface area contributed by atoms with E-state index in [0.29, 0.717) is 39.6 Å². The molecule has 0 bridgehead atoms. The lowest BCUT2D eigenvalue weighted by Crippen LogP contribution is -2.26. The van der Waals surface area contributed by atoms with E-state index in [4.69, 9.17) is 19.3 Å². The Morgan fingerprint density at radius 3 is 2.11 bits per heavy atom. The number of rotatable bonds is 14. The summed E-state index contributed by atoms with van der Waals surface area (Å²) in [7, 11) is 0. The van der Waals surface area contributed by atoms with Gasteiger partial charge in [0.2, 0.25) is 0 Å². The summed E-state index contributed by atoms with van der Waals surface area (Å²) >= 11 is 0. The summed E-state index contributed by atoms with van der Waals surface area (Å²) in [5.41, 5.74) is 0. The third kappa shape index (κ3) is 15.3. The first kappa shape index (κ1) is 17.3. The molecule has 0 heterocycles. The van der Waals surface area contributed by atoms with E-state index in [1.54, 1.807) is 0 Å². The van der Waals surface area contributed by atoms with Crippen molar-refractivity contribution in [2.45, 2.75) is 19.8 Å². The summed E-state index contributed by atoms with van der Waals surface area (Å²) in [6.07, 6.45) is 2.23. The number of hydrogen-bond donors (Lipinski definition) is 2. The van der Waals surface area contributed by atoms with Crippen LogP contribution in [0.2, 0.25) is 0 Å². The van der Waals surface area contributed by atoms with E-state index in [9.17, 15) is 4.79 Å². The van der Waals surface area contributed by atoms with Gasteiger partial charge in [0.25, 0.3) is 0 Å². The van der Waals surface area contributed by atoms with Gasteiger partial charge < -0.3 is 24.6 Å². The van der Waals surface area contributed by atoms with Crippen molar-refractivity contribution in [2.24, 2.45) is 0 Å². The van der Waals surface area contributed by atoms with Gasteiger partial charge >= 0.3 is 5.97 Å². The zero-order valence-electron chi connectivity index (χ0n) is 11.2. The molecule has 0 spiro atoms. The van der Waals surface area contributed by atoms with Crippen LogP contribution < -0.4 is 5.32 Å². The number of nitrogens with one attached hydrogen (secondary N) is 1. The predicted molar refractivity (Wildman–Crippen MR) is 67.9 cm³/mol. The molecule has 6 nitrogen and oxygen atoms in total. The maximum absolute atomic E-state index is 10.2. The van der Waals surface area contributed by atoms with Crippen molar-refractivity contribution in [1.82, 2.24) is 5.32 Å². The second kappa shape index (κ2) is 14.4. The molecular weight excluding hydrogens is 238 g/mol. The molecule has 0 fully saturated rings. The van der Waals surface area contributed by atoms with Crippen molar-refractivity contribution < 1.29 is 24.1 Å². The highest BCUT2D eigenvalue weighted by Crippen LogP contribution is 1.87. The van der Waals surface area contributed by atoms with Crippen LogP contribution >= 0.6 is 0 Å². The van der Waals surface area contributed by atoms with Crippen molar-refractivity contribution in [2.75, 3.05) is 52.7 Å².